The van der Waals surface area contributed by atoms with E-state index in [1.807, 2.05) is 11.4 Å². The number of rotatable bonds is 3. The SMILES string of the molecule is O=C(Cc1cccs1)N1CCC(N2CCCCC2)CC1. The second kappa shape index (κ2) is 6.72. The molecule has 0 bridgehead atoms. The molecule has 2 saturated heterocycles. The van der Waals surface area contributed by atoms with Gasteiger partial charge in [-0.2, -0.15) is 0 Å². The maximum absolute atomic E-state index is 12.3. The number of likely N-dealkylation sites (tertiary alicyclic amines) is 2. The first-order chi connectivity index (χ1) is 9.83. The molecule has 2 aliphatic heterocycles. The van der Waals surface area contributed by atoms with E-state index in [4.69, 9.17) is 0 Å². The van der Waals surface area contributed by atoms with Crippen LogP contribution in [0.4, 0.5) is 0 Å². The van der Waals surface area contributed by atoms with Crippen molar-refractivity contribution in [1.82, 2.24) is 9.80 Å². The summed E-state index contributed by atoms with van der Waals surface area (Å²) in [6.45, 7) is 4.44. The summed E-state index contributed by atoms with van der Waals surface area (Å²) < 4.78 is 0. The van der Waals surface area contributed by atoms with Crippen LogP contribution in [0.3, 0.4) is 0 Å². The first-order valence-electron chi connectivity index (χ1n) is 7.87. The summed E-state index contributed by atoms with van der Waals surface area (Å²) in [6, 6.07) is 4.81. The predicted octanol–water partition coefficient (Wildman–Crippen LogP) is 2.77. The lowest BCUT2D eigenvalue weighted by Crippen LogP contribution is -2.48. The molecule has 0 N–H and O–H groups in total. The standard InChI is InChI=1S/C16H24N2OS/c19-16(13-15-5-4-12-20-15)18-10-6-14(7-11-18)17-8-2-1-3-9-17/h4-5,12,14H,1-3,6-11,13H2. The number of hydrogen-bond acceptors (Lipinski definition) is 3. The van der Waals surface area contributed by atoms with Crippen LogP contribution in [-0.2, 0) is 11.2 Å². The zero-order valence-electron chi connectivity index (χ0n) is 12.1. The first-order valence-corrected chi connectivity index (χ1v) is 8.75. The van der Waals surface area contributed by atoms with E-state index >= 15 is 0 Å². The molecule has 1 aromatic heterocycles. The molecule has 3 nitrogen and oxygen atoms in total. The molecular weight excluding hydrogens is 268 g/mol. The number of nitrogens with zero attached hydrogens (tertiary/aromatic N) is 2. The van der Waals surface area contributed by atoms with Gasteiger partial charge >= 0.3 is 0 Å². The summed E-state index contributed by atoms with van der Waals surface area (Å²) in [5.74, 6) is 0.310. The van der Waals surface area contributed by atoms with Crippen molar-refractivity contribution < 1.29 is 4.79 Å². The van der Waals surface area contributed by atoms with Crippen LogP contribution in [0.25, 0.3) is 0 Å². The van der Waals surface area contributed by atoms with Gasteiger partial charge in [0.2, 0.25) is 5.91 Å². The van der Waals surface area contributed by atoms with Crippen molar-refractivity contribution >= 4 is 17.2 Å². The van der Waals surface area contributed by atoms with Gasteiger partial charge in [0.05, 0.1) is 6.42 Å². The lowest BCUT2D eigenvalue weighted by atomic mass is 9.99. The predicted molar refractivity (Wildman–Crippen MR) is 83.0 cm³/mol. The van der Waals surface area contributed by atoms with Gasteiger partial charge in [-0.15, -0.1) is 11.3 Å². The number of hydrogen-bond donors (Lipinski definition) is 0. The minimum absolute atomic E-state index is 0.310. The van der Waals surface area contributed by atoms with Crippen LogP contribution in [0.15, 0.2) is 17.5 Å². The quantitative estimate of drug-likeness (QED) is 0.855. The van der Waals surface area contributed by atoms with E-state index in [9.17, 15) is 4.79 Å². The van der Waals surface area contributed by atoms with E-state index in [1.165, 1.54) is 37.2 Å². The van der Waals surface area contributed by atoms with Gasteiger partial charge in [0.15, 0.2) is 0 Å². The third-order valence-corrected chi connectivity index (χ3v) is 5.51. The third-order valence-electron chi connectivity index (χ3n) is 4.63. The molecule has 0 saturated carbocycles. The Balaban J connectivity index is 1.46. The second-order valence-electron chi connectivity index (χ2n) is 5.96. The van der Waals surface area contributed by atoms with E-state index in [0.29, 0.717) is 12.3 Å². The monoisotopic (exact) mass is 292 g/mol. The van der Waals surface area contributed by atoms with E-state index in [2.05, 4.69) is 15.9 Å². The van der Waals surface area contributed by atoms with Crippen molar-refractivity contribution in [3.05, 3.63) is 22.4 Å². The Bertz CT molecular complexity index is 418. The largest absolute Gasteiger partial charge is 0.342 e. The molecular formula is C16H24N2OS. The van der Waals surface area contributed by atoms with Crippen molar-refractivity contribution in [2.45, 2.75) is 44.6 Å². The van der Waals surface area contributed by atoms with Gasteiger partial charge < -0.3 is 9.80 Å². The summed E-state index contributed by atoms with van der Waals surface area (Å²) in [5.41, 5.74) is 0. The Kier molecular flexibility index (Phi) is 4.73. The fourth-order valence-electron chi connectivity index (χ4n) is 3.44. The summed E-state index contributed by atoms with van der Waals surface area (Å²) in [6.07, 6.45) is 7.03. The average Bonchev–Trinajstić information content (AvgIpc) is 3.01. The van der Waals surface area contributed by atoms with Gasteiger partial charge in [0.1, 0.15) is 0 Å². The summed E-state index contributed by atoms with van der Waals surface area (Å²) in [4.78, 5) is 18.2. The van der Waals surface area contributed by atoms with Gasteiger partial charge in [-0.3, -0.25) is 4.79 Å². The van der Waals surface area contributed by atoms with Crippen LogP contribution in [0.1, 0.15) is 37.0 Å². The topological polar surface area (TPSA) is 23.6 Å². The Morgan fingerprint density at radius 2 is 1.90 bits per heavy atom. The fourth-order valence-corrected chi connectivity index (χ4v) is 4.13. The molecule has 2 aliphatic rings. The zero-order chi connectivity index (χ0) is 13.8. The molecule has 0 unspecified atom stereocenters. The molecule has 1 amide bonds. The van der Waals surface area contributed by atoms with Crippen molar-refractivity contribution in [3.63, 3.8) is 0 Å². The van der Waals surface area contributed by atoms with Crippen molar-refractivity contribution in [2.75, 3.05) is 26.2 Å². The van der Waals surface area contributed by atoms with Gasteiger partial charge in [0.25, 0.3) is 0 Å². The van der Waals surface area contributed by atoms with Crippen LogP contribution < -0.4 is 0 Å². The second-order valence-corrected chi connectivity index (χ2v) is 7.00. The Hall–Kier alpha value is -0.870. The smallest absolute Gasteiger partial charge is 0.227 e. The van der Waals surface area contributed by atoms with Crippen molar-refractivity contribution in [1.29, 1.82) is 0 Å². The highest BCUT2D eigenvalue weighted by molar-refractivity contribution is 7.10. The maximum atomic E-state index is 12.3. The maximum Gasteiger partial charge on any atom is 0.227 e. The highest BCUT2D eigenvalue weighted by Crippen LogP contribution is 2.21. The number of piperidine rings is 2. The molecule has 3 rings (SSSR count). The molecule has 1 aromatic rings. The molecule has 0 atom stereocenters. The van der Waals surface area contributed by atoms with Gasteiger partial charge in [-0.25, -0.2) is 0 Å². The van der Waals surface area contributed by atoms with Crippen LogP contribution in [0, 0.1) is 0 Å². The molecule has 4 heteroatoms. The van der Waals surface area contributed by atoms with Crippen LogP contribution in [-0.4, -0.2) is 47.9 Å². The van der Waals surface area contributed by atoms with Crippen LogP contribution >= 0.6 is 11.3 Å². The van der Waals surface area contributed by atoms with E-state index < -0.39 is 0 Å². The Morgan fingerprint density at radius 3 is 2.55 bits per heavy atom. The lowest BCUT2D eigenvalue weighted by molar-refractivity contribution is -0.132. The fraction of sp³-hybridized carbons (Fsp3) is 0.688. The molecule has 110 valence electrons. The molecule has 0 aromatic carbocycles. The average molecular weight is 292 g/mol. The Labute approximate surface area is 125 Å². The third kappa shape index (κ3) is 3.41. The normalized spacial score (nSPS) is 22.1. The molecule has 0 radical (unpaired) electrons. The van der Waals surface area contributed by atoms with Crippen molar-refractivity contribution in [3.8, 4) is 0 Å². The van der Waals surface area contributed by atoms with Crippen LogP contribution in [0.2, 0.25) is 0 Å². The highest BCUT2D eigenvalue weighted by Gasteiger charge is 2.27. The first kappa shape index (κ1) is 14.1. The highest BCUT2D eigenvalue weighted by atomic mass is 32.1. The minimum Gasteiger partial charge on any atom is -0.342 e. The molecule has 2 fully saturated rings. The summed E-state index contributed by atoms with van der Waals surface area (Å²) in [7, 11) is 0. The number of amides is 1. The summed E-state index contributed by atoms with van der Waals surface area (Å²) >= 11 is 1.68. The Morgan fingerprint density at radius 1 is 1.15 bits per heavy atom. The molecule has 3 heterocycles. The zero-order valence-corrected chi connectivity index (χ0v) is 12.9. The minimum atomic E-state index is 0.310. The summed E-state index contributed by atoms with van der Waals surface area (Å²) in [5, 5.41) is 2.05. The van der Waals surface area contributed by atoms with E-state index in [-0.39, 0.29) is 0 Å². The van der Waals surface area contributed by atoms with Gasteiger partial charge in [0, 0.05) is 24.0 Å². The van der Waals surface area contributed by atoms with Gasteiger partial charge in [-0.1, -0.05) is 12.5 Å². The van der Waals surface area contributed by atoms with E-state index in [0.717, 1.165) is 32.0 Å². The number of thiophene rings is 1. The number of carbonyl (C=O) groups is 1. The number of carbonyl (C=O) groups excluding carboxylic acids is 1. The van der Waals surface area contributed by atoms with Gasteiger partial charge in [-0.05, 0) is 50.2 Å². The lowest BCUT2D eigenvalue weighted by Gasteiger charge is -2.40. The molecule has 0 spiro atoms. The van der Waals surface area contributed by atoms with Crippen LogP contribution in [0.5, 0.6) is 0 Å². The molecule has 20 heavy (non-hydrogen) atoms. The van der Waals surface area contributed by atoms with E-state index in [1.54, 1.807) is 11.3 Å². The van der Waals surface area contributed by atoms with Crippen molar-refractivity contribution in [2.24, 2.45) is 0 Å². The molecule has 0 aliphatic carbocycles.